The van der Waals surface area contributed by atoms with Gasteiger partial charge in [0.05, 0.1) is 12.7 Å². The lowest BCUT2D eigenvalue weighted by molar-refractivity contribution is -0.142. The number of rotatable bonds is 4. The number of ether oxygens (including phenoxy) is 1. The number of methoxy groups -OCH3 is 1. The number of pyridine rings is 1. The first kappa shape index (κ1) is 12.6. The normalized spacial score (nSPS) is 11.9. The molecule has 6 heteroatoms. The average Bonchev–Trinajstić information content (AvgIpc) is 2.28. The van der Waals surface area contributed by atoms with Gasteiger partial charge in [-0.1, -0.05) is 11.6 Å². The van der Waals surface area contributed by atoms with Crippen LogP contribution in [0.2, 0.25) is 5.15 Å². The van der Waals surface area contributed by atoms with Gasteiger partial charge >= 0.3 is 5.97 Å². The molecule has 1 aromatic rings. The zero-order valence-electron chi connectivity index (χ0n) is 8.64. The van der Waals surface area contributed by atoms with E-state index in [1.54, 1.807) is 6.07 Å². The SMILES string of the molecule is COC(=O)[C@@H](N)Cc1ccnc(Cl)c1C=O. The molecule has 0 unspecified atom stereocenters. The molecule has 0 amide bonds. The lowest BCUT2D eigenvalue weighted by Gasteiger charge is -2.10. The smallest absolute Gasteiger partial charge is 0.322 e. The van der Waals surface area contributed by atoms with Crippen molar-refractivity contribution >= 4 is 23.9 Å². The molecule has 0 fully saturated rings. The second-order valence-electron chi connectivity index (χ2n) is 3.13. The van der Waals surface area contributed by atoms with Crippen LogP contribution in [0.15, 0.2) is 12.3 Å². The lowest BCUT2D eigenvalue weighted by Crippen LogP contribution is -2.34. The first-order valence-electron chi connectivity index (χ1n) is 4.52. The molecule has 0 saturated carbocycles. The number of carbonyl (C=O) groups excluding carboxylic acids is 2. The van der Waals surface area contributed by atoms with Crippen molar-refractivity contribution in [3.63, 3.8) is 0 Å². The predicted molar refractivity (Wildman–Crippen MR) is 58.3 cm³/mol. The number of aldehydes is 1. The number of esters is 1. The van der Waals surface area contributed by atoms with Gasteiger partial charge in [0, 0.05) is 6.20 Å². The maximum atomic E-state index is 11.1. The molecular formula is C10H11ClN2O3. The van der Waals surface area contributed by atoms with Crippen LogP contribution in [0.4, 0.5) is 0 Å². The molecule has 1 rings (SSSR count). The molecule has 0 aliphatic carbocycles. The number of nitrogens with two attached hydrogens (primary N) is 1. The first-order valence-corrected chi connectivity index (χ1v) is 4.90. The van der Waals surface area contributed by atoms with Crippen LogP contribution in [-0.2, 0) is 16.0 Å². The van der Waals surface area contributed by atoms with E-state index in [2.05, 4.69) is 9.72 Å². The van der Waals surface area contributed by atoms with Crippen molar-refractivity contribution < 1.29 is 14.3 Å². The van der Waals surface area contributed by atoms with Crippen LogP contribution in [0.25, 0.3) is 0 Å². The number of aromatic nitrogens is 1. The van der Waals surface area contributed by atoms with E-state index in [0.717, 1.165) is 0 Å². The van der Waals surface area contributed by atoms with Crippen LogP contribution < -0.4 is 5.73 Å². The standard InChI is InChI=1S/C10H11ClN2O3/c1-16-10(15)8(12)4-6-2-3-13-9(11)7(6)5-14/h2-3,5,8H,4,12H2,1H3/t8-/m0/s1. The highest BCUT2D eigenvalue weighted by atomic mass is 35.5. The van der Waals surface area contributed by atoms with Gasteiger partial charge in [0.25, 0.3) is 0 Å². The number of hydrogen-bond donors (Lipinski definition) is 1. The van der Waals surface area contributed by atoms with E-state index in [-0.39, 0.29) is 17.1 Å². The maximum Gasteiger partial charge on any atom is 0.322 e. The third-order valence-electron chi connectivity index (χ3n) is 2.09. The van der Waals surface area contributed by atoms with Gasteiger partial charge in [-0.15, -0.1) is 0 Å². The summed E-state index contributed by atoms with van der Waals surface area (Å²) in [5, 5.41) is 0.101. The summed E-state index contributed by atoms with van der Waals surface area (Å²) in [5.74, 6) is -0.537. The van der Waals surface area contributed by atoms with Crippen LogP contribution in [0, 0.1) is 0 Å². The summed E-state index contributed by atoms with van der Waals surface area (Å²) in [7, 11) is 1.25. The van der Waals surface area contributed by atoms with Crippen molar-refractivity contribution in [1.29, 1.82) is 0 Å². The highest BCUT2D eigenvalue weighted by Crippen LogP contribution is 2.16. The third kappa shape index (κ3) is 2.77. The van der Waals surface area contributed by atoms with Crippen molar-refractivity contribution in [3.05, 3.63) is 28.5 Å². The van der Waals surface area contributed by atoms with Gasteiger partial charge in [0.2, 0.25) is 0 Å². The summed E-state index contributed by atoms with van der Waals surface area (Å²) in [6, 6.07) is 0.778. The monoisotopic (exact) mass is 242 g/mol. The lowest BCUT2D eigenvalue weighted by atomic mass is 10.0. The van der Waals surface area contributed by atoms with E-state index in [4.69, 9.17) is 17.3 Å². The molecule has 1 heterocycles. The topological polar surface area (TPSA) is 82.3 Å². The predicted octanol–water partition coefficient (Wildman–Crippen LogP) is 0.590. The van der Waals surface area contributed by atoms with Gasteiger partial charge in [0.15, 0.2) is 6.29 Å². The van der Waals surface area contributed by atoms with Gasteiger partial charge < -0.3 is 10.5 Å². The summed E-state index contributed by atoms with van der Waals surface area (Å²) < 4.78 is 4.49. The minimum atomic E-state index is -0.817. The third-order valence-corrected chi connectivity index (χ3v) is 2.39. The second kappa shape index (κ2) is 5.58. The Labute approximate surface area is 97.6 Å². The van der Waals surface area contributed by atoms with E-state index < -0.39 is 12.0 Å². The largest absolute Gasteiger partial charge is 0.468 e. The molecule has 86 valence electrons. The van der Waals surface area contributed by atoms with Crippen LogP contribution in [0.5, 0.6) is 0 Å². The Bertz CT molecular complexity index is 409. The number of carbonyl (C=O) groups is 2. The zero-order chi connectivity index (χ0) is 12.1. The van der Waals surface area contributed by atoms with E-state index in [1.807, 2.05) is 0 Å². The Balaban J connectivity index is 2.93. The first-order chi connectivity index (χ1) is 7.60. The Morgan fingerprint density at radius 1 is 1.75 bits per heavy atom. The molecule has 0 bridgehead atoms. The second-order valence-corrected chi connectivity index (χ2v) is 3.48. The zero-order valence-corrected chi connectivity index (χ0v) is 9.40. The van der Waals surface area contributed by atoms with Crippen molar-refractivity contribution in [1.82, 2.24) is 4.98 Å². The minimum Gasteiger partial charge on any atom is -0.468 e. The molecule has 16 heavy (non-hydrogen) atoms. The molecule has 0 aliphatic rings. The van der Waals surface area contributed by atoms with E-state index in [9.17, 15) is 9.59 Å². The van der Waals surface area contributed by atoms with Crippen molar-refractivity contribution in [2.24, 2.45) is 5.73 Å². The van der Waals surface area contributed by atoms with Gasteiger partial charge in [-0.05, 0) is 18.1 Å². The Hall–Kier alpha value is -1.46. The molecule has 0 saturated heterocycles. The molecular weight excluding hydrogens is 232 g/mol. The molecule has 2 N–H and O–H groups in total. The summed E-state index contributed by atoms with van der Waals surface area (Å²) in [6.45, 7) is 0. The maximum absolute atomic E-state index is 11.1. The summed E-state index contributed by atoms with van der Waals surface area (Å²) in [4.78, 5) is 25.7. The fourth-order valence-corrected chi connectivity index (χ4v) is 1.48. The van der Waals surface area contributed by atoms with E-state index >= 15 is 0 Å². The van der Waals surface area contributed by atoms with Crippen molar-refractivity contribution in [2.75, 3.05) is 7.11 Å². The van der Waals surface area contributed by atoms with Crippen LogP contribution in [0.1, 0.15) is 15.9 Å². The Kier molecular flexibility index (Phi) is 4.39. The minimum absolute atomic E-state index is 0.101. The molecule has 1 aromatic heterocycles. The van der Waals surface area contributed by atoms with Crippen molar-refractivity contribution in [3.8, 4) is 0 Å². The molecule has 5 nitrogen and oxygen atoms in total. The Morgan fingerprint density at radius 3 is 3.00 bits per heavy atom. The number of halogens is 1. The van der Waals surface area contributed by atoms with Gasteiger partial charge in [-0.25, -0.2) is 4.98 Å². The summed E-state index contributed by atoms with van der Waals surface area (Å²) >= 11 is 5.73. The Morgan fingerprint density at radius 2 is 2.44 bits per heavy atom. The van der Waals surface area contributed by atoms with Crippen molar-refractivity contribution in [2.45, 2.75) is 12.5 Å². The quantitative estimate of drug-likeness (QED) is 0.475. The van der Waals surface area contributed by atoms with E-state index in [1.165, 1.54) is 13.3 Å². The number of hydrogen-bond acceptors (Lipinski definition) is 5. The fraction of sp³-hybridized carbons (Fsp3) is 0.300. The highest BCUT2D eigenvalue weighted by molar-refractivity contribution is 6.31. The molecule has 0 aliphatic heterocycles. The average molecular weight is 243 g/mol. The van der Waals surface area contributed by atoms with Crippen LogP contribution in [-0.4, -0.2) is 30.4 Å². The molecule has 0 radical (unpaired) electrons. The van der Waals surface area contributed by atoms with E-state index in [0.29, 0.717) is 11.8 Å². The highest BCUT2D eigenvalue weighted by Gasteiger charge is 2.17. The number of nitrogens with zero attached hydrogens (tertiary/aromatic N) is 1. The molecule has 1 atom stereocenters. The molecule has 0 spiro atoms. The van der Waals surface area contributed by atoms with Gasteiger partial charge in [-0.3, -0.25) is 9.59 Å². The van der Waals surface area contributed by atoms with Crippen LogP contribution in [0.3, 0.4) is 0 Å². The fourth-order valence-electron chi connectivity index (χ4n) is 1.26. The van der Waals surface area contributed by atoms with Gasteiger partial charge in [0.1, 0.15) is 11.2 Å². The van der Waals surface area contributed by atoms with Crippen LogP contribution >= 0.6 is 11.6 Å². The summed E-state index contributed by atoms with van der Waals surface area (Å²) in [6.07, 6.45) is 2.23. The summed E-state index contributed by atoms with van der Waals surface area (Å²) in [5.41, 5.74) is 6.41. The van der Waals surface area contributed by atoms with Gasteiger partial charge in [-0.2, -0.15) is 0 Å². The molecule has 0 aromatic carbocycles.